The Morgan fingerprint density at radius 2 is 2.20 bits per heavy atom. The first-order chi connectivity index (χ1) is 11.7. The van der Waals surface area contributed by atoms with E-state index in [1.165, 1.54) is 0 Å². The zero-order valence-corrected chi connectivity index (χ0v) is 15.6. The summed E-state index contributed by atoms with van der Waals surface area (Å²) in [6.45, 7) is 9.38. The Hall–Kier alpha value is -1.62. The second-order valence-electron chi connectivity index (χ2n) is 8.03. The Bertz CT molecular complexity index is 644. The van der Waals surface area contributed by atoms with Crippen molar-refractivity contribution >= 4 is 11.9 Å². The number of carbonyl (C=O) groups excluding carboxylic acids is 2. The van der Waals surface area contributed by atoms with Crippen LogP contribution < -0.4 is 0 Å². The number of esters is 2. The van der Waals surface area contributed by atoms with Crippen molar-refractivity contribution in [3.8, 4) is 0 Å². The SMILES string of the molecule is CCC(C)C(=O)OC1CC(C)=C2C=CC(C)(O)C2C2OC(=O)C(C)C12. The van der Waals surface area contributed by atoms with Gasteiger partial charge >= 0.3 is 11.9 Å². The topological polar surface area (TPSA) is 72.8 Å². The van der Waals surface area contributed by atoms with Gasteiger partial charge in [-0.15, -0.1) is 0 Å². The van der Waals surface area contributed by atoms with E-state index in [0.717, 1.165) is 11.1 Å². The number of fused-ring (bicyclic) bond motifs is 3. The molecule has 7 unspecified atom stereocenters. The molecule has 1 heterocycles. The van der Waals surface area contributed by atoms with Crippen LogP contribution in [-0.4, -0.2) is 34.9 Å². The van der Waals surface area contributed by atoms with Crippen LogP contribution in [-0.2, 0) is 19.1 Å². The molecule has 2 aliphatic carbocycles. The van der Waals surface area contributed by atoms with Gasteiger partial charge in [0.15, 0.2) is 0 Å². The molecular weight excluding hydrogens is 320 g/mol. The third-order valence-electron chi connectivity index (χ3n) is 6.19. The fourth-order valence-corrected chi connectivity index (χ4v) is 4.39. The second-order valence-corrected chi connectivity index (χ2v) is 8.03. The highest BCUT2D eigenvalue weighted by molar-refractivity contribution is 5.76. The van der Waals surface area contributed by atoms with Gasteiger partial charge in [0, 0.05) is 12.3 Å². The van der Waals surface area contributed by atoms with Crippen molar-refractivity contribution in [2.45, 2.75) is 65.3 Å². The number of aliphatic hydroxyl groups is 1. The first-order valence-corrected chi connectivity index (χ1v) is 9.19. The van der Waals surface area contributed by atoms with Gasteiger partial charge in [-0.1, -0.05) is 38.5 Å². The molecule has 1 N–H and O–H groups in total. The van der Waals surface area contributed by atoms with Gasteiger partial charge in [0.2, 0.25) is 0 Å². The van der Waals surface area contributed by atoms with E-state index in [-0.39, 0.29) is 35.6 Å². The van der Waals surface area contributed by atoms with Crippen LogP contribution in [0.1, 0.15) is 47.5 Å². The van der Waals surface area contributed by atoms with Crippen LogP contribution >= 0.6 is 0 Å². The molecule has 0 aromatic heterocycles. The van der Waals surface area contributed by atoms with Gasteiger partial charge in [-0.25, -0.2) is 0 Å². The Morgan fingerprint density at radius 1 is 1.52 bits per heavy atom. The molecule has 3 aliphatic rings. The van der Waals surface area contributed by atoms with Crippen molar-refractivity contribution in [2.75, 3.05) is 0 Å². The summed E-state index contributed by atoms with van der Waals surface area (Å²) in [6.07, 6.45) is 4.09. The van der Waals surface area contributed by atoms with Crippen LogP contribution in [0.15, 0.2) is 23.3 Å². The van der Waals surface area contributed by atoms with Gasteiger partial charge in [-0.2, -0.15) is 0 Å². The van der Waals surface area contributed by atoms with Crippen LogP contribution in [0, 0.1) is 23.7 Å². The Morgan fingerprint density at radius 3 is 2.84 bits per heavy atom. The zero-order valence-electron chi connectivity index (χ0n) is 15.6. The van der Waals surface area contributed by atoms with Crippen LogP contribution in [0.25, 0.3) is 0 Å². The molecular formula is C20H28O5. The van der Waals surface area contributed by atoms with E-state index in [4.69, 9.17) is 9.47 Å². The standard InChI is InChI=1S/C20H28O5/c1-6-10(2)18(21)24-14-9-11(3)13-7-8-20(5,23)16(13)17-15(14)12(4)19(22)25-17/h7-8,10,12,14-17,23H,6,9H2,1-5H3. The average molecular weight is 348 g/mol. The molecule has 0 saturated carbocycles. The van der Waals surface area contributed by atoms with E-state index >= 15 is 0 Å². The summed E-state index contributed by atoms with van der Waals surface area (Å²) in [5, 5.41) is 10.8. The third kappa shape index (κ3) is 2.92. The number of allylic oxidation sites excluding steroid dienone is 1. The lowest BCUT2D eigenvalue weighted by Gasteiger charge is -2.34. The normalized spacial score (nSPS) is 41.0. The van der Waals surface area contributed by atoms with Gasteiger partial charge < -0.3 is 14.6 Å². The zero-order chi connectivity index (χ0) is 18.5. The minimum Gasteiger partial charge on any atom is -0.461 e. The molecule has 7 atom stereocenters. The van der Waals surface area contributed by atoms with Crippen LogP contribution in [0.2, 0.25) is 0 Å². The first kappa shape index (κ1) is 18.2. The lowest BCUT2D eigenvalue weighted by atomic mass is 9.76. The minimum atomic E-state index is -1.07. The summed E-state index contributed by atoms with van der Waals surface area (Å²) < 4.78 is 11.5. The fourth-order valence-electron chi connectivity index (χ4n) is 4.39. The molecule has 0 radical (unpaired) electrons. The summed E-state index contributed by atoms with van der Waals surface area (Å²) >= 11 is 0. The molecule has 0 spiro atoms. The molecule has 5 nitrogen and oxygen atoms in total. The molecule has 0 bridgehead atoms. The van der Waals surface area contributed by atoms with Crippen molar-refractivity contribution in [1.82, 2.24) is 0 Å². The Labute approximate surface area is 149 Å². The lowest BCUT2D eigenvalue weighted by Crippen LogP contribution is -2.44. The van der Waals surface area contributed by atoms with E-state index in [1.807, 2.05) is 33.8 Å². The van der Waals surface area contributed by atoms with Crippen LogP contribution in [0.3, 0.4) is 0 Å². The second kappa shape index (κ2) is 6.27. The molecule has 0 amide bonds. The summed E-state index contributed by atoms with van der Waals surface area (Å²) in [5.74, 6) is -1.59. The maximum absolute atomic E-state index is 12.4. The predicted octanol–water partition coefficient (Wildman–Crippen LogP) is 2.78. The molecule has 1 saturated heterocycles. The maximum atomic E-state index is 12.4. The van der Waals surface area contributed by atoms with E-state index in [9.17, 15) is 14.7 Å². The van der Waals surface area contributed by atoms with Gasteiger partial charge in [-0.05, 0) is 25.8 Å². The quantitative estimate of drug-likeness (QED) is 0.794. The summed E-state index contributed by atoms with van der Waals surface area (Å²) in [6, 6.07) is 0. The van der Waals surface area contributed by atoms with Gasteiger partial charge in [-0.3, -0.25) is 9.59 Å². The number of ether oxygens (including phenoxy) is 2. The van der Waals surface area contributed by atoms with Gasteiger partial charge in [0.25, 0.3) is 0 Å². The van der Waals surface area contributed by atoms with Crippen molar-refractivity contribution in [2.24, 2.45) is 23.7 Å². The number of rotatable bonds is 3. The third-order valence-corrected chi connectivity index (χ3v) is 6.19. The van der Waals surface area contributed by atoms with E-state index < -0.39 is 17.8 Å². The lowest BCUT2D eigenvalue weighted by molar-refractivity contribution is -0.158. The molecule has 3 rings (SSSR count). The maximum Gasteiger partial charge on any atom is 0.309 e. The number of hydrogen-bond donors (Lipinski definition) is 1. The van der Waals surface area contributed by atoms with Crippen molar-refractivity contribution < 1.29 is 24.2 Å². The highest BCUT2D eigenvalue weighted by Crippen LogP contribution is 2.50. The average Bonchev–Trinajstić information content (AvgIpc) is 2.97. The first-order valence-electron chi connectivity index (χ1n) is 9.19. The summed E-state index contributed by atoms with van der Waals surface area (Å²) in [4.78, 5) is 24.7. The smallest absolute Gasteiger partial charge is 0.309 e. The molecule has 1 fully saturated rings. The largest absolute Gasteiger partial charge is 0.461 e. The highest BCUT2D eigenvalue weighted by Gasteiger charge is 2.57. The van der Waals surface area contributed by atoms with Crippen LogP contribution in [0.4, 0.5) is 0 Å². The summed E-state index contributed by atoms with van der Waals surface area (Å²) in [5.41, 5.74) is 1.02. The molecule has 0 aromatic rings. The van der Waals surface area contributed by atoms with Gasteiger partial charge in [0.1, 0.15) is 12.2 Å². The van der Waals surface area contributed by atoms with Gasteiger partial charge in [0.05, 0.1) is 23.4 Å². The molecule has 138 valence electrons. The molecule has 5 heteroatoms. The Balaban J connectivity index is 1.99. The Kier molecular flexibility index (Phi) is 4.56. The monoisotopic (exact) mass is 348 g/mol. The van der Waals surface area contributed by atoms with E-state index in [1.54, 1.807) is 13.0 Å². The number of hydrogen-bond acceptors (Lipinski definition) is 5. The molecule has 25 heavy (non-hydrogen) atoms. The van der Waals surface area contributed by atoms with Crippen molar-refractivity contribution in [3.63, 3.8) is 0 Å². The molecule has 1 aliphatic heterocycles. The minimum absolute atomic E-state index is 0.175. The van der Waals surface area contributed by atoms with Crippen molar-refractivity contribution in [1.29, 1.82) is 0 Å². The van der Waals surface area contributed by atoms with Crippen LogP contribution in [0.5, 0.6) is 0 Å². The highest BCUT2D eigenvalue weighted by atomic mass is 16.6. The molecule has 0 aromatic carbocycles. The summed E-state index contributed by atoms with van der Waals surface area (Å²) in [7, 11) is 0. The number of carbonyl (C=O) groups is 2. The van der Waals surface area contributed by atoms with E-state index in [2.05, 4.69) is 0 Å². The van der Waals surface area contributed by atoms with E-state index in [0.29, 0.717) is 12.8 Å². The fraction of sp³-hybridized carbons (Fsp3) is 0.700. The van der Waals surface area contributed by atoms with Crippen molar-refractivity contribution in [3.05, 3.63) is 23.3 Å². The predicted molar refractivity (Wildman–Crippen MR) is 92.4 cm³/mol.